The first-order chi connectivity index (χ1) is 11.1. The van der Waals surface area contributed by atoms with Crippen molar-refractivity contribution in [3.8, 4) is 5.75 Å². The van der Waals surface area contributed by atoms with Crippen molar-refractivity contribution < 1.29 is 24.5 Å². The number of carbonyl (C=O) groups excluding carboxylic acids is 2. The van der Waals surface area contributed by atoms with E-state index in [1.54, 1.807) is 36.4 Å². The average molecular weight is 313 g/mol. The van der Waals surface area contributed by atoms with Crippen molar-refractivity contribution in [3.63, 3.8) is 0 Å². The number of hydrogen-bond acceptors (Lipinski definition) is 5. The number of nitrogens with one attached hydrogen (secondary N) is 1. The van der Waals surface area contributed by atoms with Crippen LogP contribution in [0.5, 0.6) is 5.75 Å². The Labute approximate surface area is 132 Å². The molecule has 3 rings (SSSR count). The summed E-state index contributed by atoms with van der Waals surface area (Å²) in [5.74, 6) is -1.13. The zero-order valence-electron chi connectivity index (χ0n) is 12.2. The minimum Gasteiger partial charge on any atom is -0.508 e. The van der Waals surface area contributed by atoms with E-state index in [0.717, 1.165) is 0 Å². The Kier molecular flexibility index (Phi) is 3.99. The third-order valence-electron chi connectivity index (χ3n) is 3.68. The lowest BCUT2D eigenvalue weighted by Crippen LogP contribution is -2.30. The largest absolute Gasteiger partial charge is 0.508 e. The zero-order valence-corrected chi connectivity index (χ0v) is 12.2. The molecule has 0 spiro atoms. The van der Waals surface area contributed by atoms with Crippen LogP contribution in [0, 0.1) is 0 Å². The molecule has 0 radical (unpaired) electrons. The van der Waals surface area contributed by atoms with Crippen LogP contribution < -0.4 is 5.32 Å². The van der Waals surface area contributed by atoms with Gasteiger partial charge in [0.1, 0.15) is 18.5 Å². The molecule has 2 aromatic rings. The van der Waals surface area contributed by atoms with E-state index in [0.29, 0.717) is 22.4 Å². The number of benzene rings is 2. The molecule has 0 aromatic heterocycles. The van der Waals surface area contributed by atoms with Crippen LogP contribution in [0.4, 0.5) is 5.69 Å². The molecule has 1 aliphatic rings. The number of anilines is 1. The van der Waals surface area contributed by atoms with Gasteiger partial charge < -0.3 is 20.3 Å². The predicted molar refractivity (Wildman–Crippen MR) is 82.0 cm³/mol. The minimum atomic E-state index is -1.35. The second-order valence-electron chi connectivity index (χ2n) is 5.25. The van der Waals surface area contributed by atoms with E-state index in [9.17, 15) is 19.8 Å². The Hall–Kier alpha value is -2.86. The van der Waals surface area contributed by atoms with Gasteiger partial charge in [0.15, 0.2) is 0 Å². The molecule has 1 aliphatic heterocycles. The van der Waals surface area contributed by atoms with Crippen LogP contribution in [0.3, 0.4) is 0 Å². The van der Waals surface area contributed by atoms with Gasteiger partial charge in [0.05, 0.1) is 11.3 Å². The molecule has 6 nitrogen and oxygen atoms in total. The highest BCUT2D eigenvalue weighted by Crippen LogP contribution is 2.27. The van der Waals surface area contributed by atoms with Crippen molar-refractivity contribution in [1.82, 2.24) is 0 Å². The lowest BCUT2D eigenvalue weighted by molar-refractivity contribution is -0.123. The van der Waals surface area contributed by atoms with Crippen molar-refractivity contribution >= 4 is 17.6 Å². The molecular weight excluding hydrogens is 298 g/mol. The van der Waals surface area contributed by atoms with Gasteiger partial charge in [-0.2, -0.15) is 0 Å². The summed E-state index contributed by atoms with van der Waals surface area (Å²) >= 11 is 0. The zero-order chi connectivity index (χ0) is 16.4. The number of ether oxygens (including phenoxy) is 1. The van der Waals surface area contributed by atoms with Crippen LogP contribution in [0.1, 0.15) is 21.5 Å². The second kappa shape index (κ2) is 6.10. The summed E-state index contributed by atoms with van der Waals surface area (Å²) in [5, 5.41) is 22.3. The minimum absolute atomic E-state index is 0.0172. The molecule has 0 fully saturated rings. The van der Waals surface area contributed by atoms with E-state index < -0.39 is 18.0 Å². The molecular formula is C17H15NO5. The number of aromatic hydroxyl groups is 1. The van der Waals surface area contributed by atoms with Crippen LogP contribution in [0.25, 0.3) is 0 Å². The number of para-hydroxylation sites is 1. The Morgan fingerprint density at radius 3 is 2.78 bits per heavy atom. The molecule has 2 aromatic carbocycles. The van der Waals surface area contributed by atoms with Gasteiger partial charge in [-0.25, -0.2) is 4.79 Å². The van der Waals surface area contributed by atoms with Gasteiger partial charge in [-0.1, -0.05) is 30.3 Å². The Morgan fingerprint density at radius 2 is 2.00 bits per heavy atom. The summed E-state index contributed by atoms with van der Waals surface area (Å²) in [6, 6.07) is 11.5. The molecule has 0 saturated carbocycles. The van der Waals surface area contributed by atoms with Gasteiger partial charge in [-0.15, -0.1) is 0 Å². The number of hydrogen-bond donors (Lipinski definition) is 3. The smallest absolute Gasteiger partial charge is 0.341 e. The number of esters is 1. The summed E-state index contributed by atoms with van der Waals surface area (Å²) in [6.07, 6.45) is -1.38. The van der Waals surface area contributed by atoms with Gasteiger partial charge in [-0.3, -0.25) is 4.79 Å². The fourth-order valence-corrected chi connectivity index (χ4v) is 2.48. The maximum Gasteiger partial charge on any atom is 0.341 e. The summed E-state index contributed by atoms with van der Waals surface area (Å²) in [4.78, 5) is 23.8. The maximum absolute atomic E-state index is 12.1. The number of phenols is 1. The van der Waals surface area contributed by atoms with Gasteiger partial charge in [0, 0.05) is 12.0 Å². The Bertz CT molecular complexity index is 771. The first-order valence-electron chi connectivity index (χ1n) is 7.11. The second-order valence-corrected chi connectivity index (χ2v) is 5.25. The topological polar surface area (TPSA) is 95.9 Å². The average Bonchev–Trinajstić information content (AvgIpc) is 2.92. The Morgan fingerprint density at radius 1 is 1.22 bits per heavy atom. The van der Waals surface area contributed by atoms with E-state index in [2.05, 4.69) is 5.32 Å². The summed E-state index contributed by atoms with van der Waals surface area (Å²) < 4.78 is 4.93. The molecule has 1 unspecified atom stereocenters. The van der Waals surface area contributed by atoms with Gasteiger partial charge in [0.25, 0.3) is 5.91 Å². The van der Waals surface area contributed by atoms with Crippen molar-refractivity contribution in [2.24, 2.45) is 0 Å². The van der Waals surface area contributed by atoms with Gasteiger partial charge in [-0.05, 0) is 17.7 Å². The highest BCUT2D eigenvalue weighted by Gasteiger charge is 2.26. The number of fused-ring (bicyclic) bond motifs is 1. The molecule has 0 saturated heterocycles. The highest BCUT2D eigenvalue weighted by molar-refractivity contribution is 6.04. The van der Waals surface area contributed by atoms with Crippen molar-refractivity contribution in [2.75, 3.05) is 5.32 Å². The van der Waals surface area contributed by atoms with Crippen LogP contribution in [-0.2, 0) is 22.6 Å². The van der Waals surface area contributed by atoms with E-state index in [4.69, 9.17) is 4.74 Å². The number of aliphatic hydroxyl groups is 1. The fraction of sp³-hybridized carbons (Fsp3) is 0.176. The molecule has 6 heteroatoms. The molecule has 3 N–H and O–H groups in total. The normalized spacial score (nSPS) is 14.0. The van der Waals surface area contributed by atoms with Crippen molar-refractivity contribution in [3.05, 3.63) is 59.2 Å². The predicted octanol–water partition coefficient (Wildman–Crippen LogP) is 1.60. The molecule has 1 amide bonds. The molecule has 0 bridgehead atoms. The van der Waals surface area contributed by atoms with Crippen LogP contribution in [0.2, 0.25) is 0 Å². The van der Waals surface area contributed by atoms with E-state index in [1.165, 1.54) is 6.07 Å². The van der Waals surface area contributed by atoms with E-state index >= 15 is 0 Å². The number of phenolic OH excluding ortho intramolecular Hbond substituents is 1. The van der Waals surface area contributed by atoms with Crippen LogP contribution in [-0.4, -0.2) is 28.2 Å². The summed E-state index contributed by atoms with van der Waals surface area (Å²) in [5.41, 5.74) is 1.79. The molecule has 23 heavy (non-hydrogen) atoms. The molecule has 118 valence electrons. The fourth-order valence-electron chi connectivity index (χ4n) is 2.48. The van der Waals surface area contributed by atoms with Crippen LogP contribution in [0.15, 0.2) is 42.5 Å². The number of rotatable bonds is 4. The first-order valence-corrected chi connectivity index (χ1v) is 7.11. The molecule has 1 heterocycles. The van der Waals surface area contributed by atoms with E-state index in [-0.39, 0.29) is 18.8 Å². The lowest BCUT2D eigenvalue weighted by atomic mass is 10.1. The molecule has 1 atom stereocenters. The third-order valence-corrected chi connectivity index (χ3v) is 3.68. The van der Waals surface area contributed by atoms with E-state index in [1.807, 2.05) is 0 Å². The van der Waals surface area contributed by atoms with Crippen molar-refractivity contribution in [1.29, 1.82) is 0 Å². The SMILES string of the molecule is O=C1OCc2cccc(NC(=O)C(O)Cc3ccccc3O)c21. The number of aliphatic hydroxyl groups excluding tert-OH is 1. The quantitative estimate of drug-likeness (QED) is 0.745. The number of cyclic esters (lactones) is 1. The highest BCUT2D eigenvalue weighted by atomic mass is 16.5. The van der Waals surface area contributed by atoms with Crippen molar-refractivity contribution in [2.45, 2.75) is 19.1 Å². The summed E-state index contributed by atoms with van der Waals surface area (Å²) in [7, 11) is 0. The van der Waals surface area contributed by atoms with Gasteiger partial charge in [0.2, 0.25) is 0 Å². The van der Waals surface area contributed by atoms with Crippen LogP contribution >= 0.6 is 0 Å². The van der Waals surface area contributed by atoms with Gasteiger partial charge >= 0.3 is 5.97 Å². The summed E-state index contributed by atoms with van der Waals surface area (Å²) in [6.45, 7) is 0.179. The number of amides is 1. The monoisotopic (exact) mass is 313 g/mol. The standard InChI is InChI=1S/C17H15NO5/c19-13-7-2-1-4-10(13)8-14(20)16(21)18-12-6-3-5-11-9-23-17(22)15(11)12/h1-7,14,19-20H,8-9H2,(H,18,21). The number of carbonyl (C=O) groups is 2. The Balaban J connectivity index is 1.74. The third kappa shape index (κ3) is 3.02. The molecule has 0 aliphatic carbocycles. The first kappa shape index (κ1) is 15.1. The maximum atomic E-state index is 12.1. The lowest BCUT2D eigenvalue weighted by Gasteiger charge is -2.13.